The van der Waals surface area contributed by atoms with Crippen LogP contribution in [0.1, 0.15) is 0 Å². The maximum Gasteiger partial charge on any atom is 0.172 e. The SMILES string of the molecule is Brc1cnn2c(Nc3ccncc3)cc(-c3ccccc3)nc12.Clc1cc(-c2ccccc2)nc2c(Br)cnn12. The largest absolute Gasteiger partial charge is 0.340 e. The van der Waals surface area contributed by atoms with Crippen molar-refractivity contribution in [1.82, 2.24) is 34.2 Å². The van der Waals surface area contributed by atoms with Crippen LogP contribution in [0.2, 0.25) is 5.15 Å². The van der Waals surface area contributed by atoms with Crippen molar-refractivity contribution in [3.8, 4) is 22.5 Å². The van der Waals surface area contributed by atoms with Crippen LogP contribution in [0.15, 0.2) is 119 Å². The summed E-state index contributed by atoms with van der Waals surface area (Å²) in [6.07, 6.45) is 6.92. The summed E-state index contributed by atoms with van der Waals surface area (Å²) >= 11 is 13.1. The molecule has 196 valence electrons. The number of aromatic nitrogens is 7. The number of fused-ring (bicyclic) bond motifs is 2. The Labute approximate surface area is 251 Å². The molecule has 1 N–H and O–H groups in total. The maximum absolute atomic E-state index is 6.17. The second kappa shape index (κ2) is 11.5. The van der Waals surface area contributed by atoms with Gasteiger partial charge in [-0.2, -0.15) is 14.7 Å². The number of hydrogen-bond donors (Lipinski definition) is 1. The summed E-state index contributed by atoms with van der Waals surface area (Å²) in [4.78, 5) is 13.3. The van der Waals surface area contributed by atoms with Gasteiger partial charge in [0.25, 0.3) is 0 Å². The predicted octanol–water partition coefficient (Wildman–Crippen LogP) is 8.11. The molecule has 5 aromatic heterocycles. The van der Waals surface area contributed by atoms with Gasteiger partial charge in [0.05, 0.1) is 32.7 Å². The van der Waals surface area contributed by atoms with Gasteiger partial charge in [-0.3, -0.25) is 4.98 Å². The van der Waals surface area contributed by atoms with Crippen molar-refractivity contribution in [3.63, 3.8) is 0 Å². The van der Waals surface area contributed by atoms with Crippen LogP contribution >= 0.6 is 43.5 Å². The third kappa shape index (κ3) is 5.46. The van der Waals surface area contributed by atoms with E-state index in [0.29, 0.717) is 5.15 Å². The first-order valence-corrected chi connectivity index (χ1v) is 14.0. The fourth-order valence-electron chi connectivity index (χ4n) is 4.02. The highest BCUT2D eigenvalue weighted by Crippen LogP contribution is 2.28. The zero-order valence-corrected chi connectivity index (χ0v) is 24.6. The third-order valence-corrected chi connectivity index (χ3v) is 7.29. The molecule has 40 heavy (non-hydrogen) atoms. The molecule has 0 aliphatic heterocycles. The summed E-state index contributed by atoms with van der Waals surface area (Å²) in [5.41, 5.74) is 6.24. The zero-order chi connectivity index (χ0) is 27.5. The molecule has 0 fully saturated rings. The van der Waals surface area contributed by atoms with Crippen molar-refractivity contribution in [1.29, 1.82) is 0 Å². The molecule has 2 aromatic carbocycles. The van der Waals surface area contributed by atoms with Crippen LogP contribution in [0, 0.1) is 0 Å². The fourth-order valence-corrected chi connectivity index (χ4v) is 4.94. The molecule has 0 amide bonds. The number of benzene rings is 2. The van der Waals surface area contributed by atoms with E-state index in [9.17, 15) is 0 Å². The van der Waals surface area contributed by atoms with Gasteiger partial charge in [-0.1, -0.05) is 72.3 Å². The second-order valence-electron chi connectivity index (χ2n) is 8.54. The van der Waals surface area contributed by atoms with Crippen molar-refractivity contribution >= 4 is 66.3 Å². The first-order chi connectivity index (χ1) is 19.6. The molecule has 0 spiro atoms. The van der Waals surface area contributed by atoms with Crippen LogP contribution in [0.5, 0.6) is 0 Å². The Bertz CT molecular complexity index is 1910. The van der Waals surface area contributed by atoms with Crippen molar-refractivity contribution in [2.45, 2.75) is 0 Å². The molecule has 0 radical (unpaired) electrons. The van der Waals surface area contributed by atoms with E-state index in [0.717, 1.165) is 54.3 Å². The van der Waals surface area contributed by atoms with Crippen LogP contribution < -0.4 is 5.32 Å². The van der Waals surface area contributed by atoms with E-state index in [2.05, 4.69) is 57.3 Å². The number of nitrogens with one attached hydrogen (secondary N) is 1. The van der Waals surface area contributed by atoms with Gasteiger partial charge in [0.2, 0.25) is 0 Å². The smallest absolute Gasteiger partial charge is 0.172 e. The Morgan fingerprint density at radius 3 is 1.77 bits per heavy atom. The van der Waals surface area contributed by atoms with Crippen molar-refractivity contribution < 1.29 is 0 Å². The normalized spacial score (nSPS) is 10.9. The van der Waals surface area contributed by atoms with Gasteiger partial charge in [-0.25, -0.2) is 14.5 Å². The first-order valence-electron chi connectivity index (χ1n) is 12.1. The van der Waals surface area contributed by atoms with Crippen LogP contribution in [-0.4, -0.2) is 34.2 Å². The standard InChI is InChI=1S/C17H12BrN5.C12H7BrClN3/c18-14-11-20-23-16(21-13-6-8-19-9-7-13)10-15(22-17(14)23)12-4-2-1-3-5-12;13-9-7-15-17-11(14)6-10(16-12(9)17)8-4-2-1-3-5-8/h1-11H,(H,19,21);1-7H. The van der Waals surface area contributed by atoms with E-state index >= 15 is 0 Å². The number of halogens is 3. The molecule has 7 rings (SSSR count). The average molecular weight is 675 g/mol. The third-order valence-electron chi connectivity index (χ3n) is 5.91. The lowest BCUT2D eigenvalue weighted by molar-refractivity contribution is 0.942. The number of hydrogen-bond acceptors (Lipinski definition) is 6. The summed E-state index contributed by atoms with van der Waals surface area (Å²) in [7, 11) is 0. The zero-order valence-electron chi connectivity index (χ0n) is 20.7. The fraction of sp³-hybridized carbons (Fsp3) is 0. The van der Waals surface area contributed by atoms with E-state index in [1.807, 2.05) is 84.9 Å². The molecule has 0 saturated heterocycles. The summed E-state index contributed by atoms with van der Waals surface area (Å²) in [5.74, 6) is 0.839. The van der Waals surface area contributed by atoms with Gasteiger partial charge in [0, 0.05) is 41.3 Å². The summed E-state index contributed by atoms with van der Waals surface area (Å²) in [5, 5.41) is 12.4. The summed E-state index contributed by atoms with van der Waals surface area (Å²) in [6.45, 7) is 0. The van der Waals surface area contributed by atoms with Gasteiger partial charge in [-0.15, -0.1) is 0 Å². The van der Waals surface area contributed by atoms with Crippen molar-refractivity contribution in [2.24, 2.45) is 0 Å². The lowest BCUT2D eigenvalue weighted by atomic mass is 10.1. The molecule has 0 bridgehead atoms. The minimum Gasteiger partial charge on any atom is -0.340 e. The Morgan fingerprint density at radius 2 is 1.18 bits per heavy atom. The number of rotatable bonds is 4. The summed E-state index contributed by atoms with van der Waals surface area (Å²) < 4.78 is 5.06. The first kappa shape index (κ1) is 26.1. The van der Waals surface area contributed by atoms with E-state index in [-0.39, 0.29) is 0 Å². The molecule has 0 atom stereocenters. The molecule has 11 heteroatoms. The van der Waals surface area contributed by atoms with Crippen LogP contribution in [0.3, 0.4) is 0 Å². The minimum atomic E-state index is 0.541. The van der Waals surface area contributed by atoms with Gasteiger partial charge in [0.1, 0.15) is 11.0 Å². The predicted molar refractivity (Wildman–Crippen MR) is 165 cm³/mol. The highest BCUT2D eigenvalue weighted by molar-refractivity contribution is 9.11. The molecule has 8 nitrogen and oxygen atoms in total. The summed E-state index contributed by atoms with van der Waals surface area (Å²) in [6, 6.07) is 27.6. The number of nitrogens with zero attached hydrogens (tertiary/aromatic N) is 7. The minimum absolute atomic E-state index is 0.541. The molecule has 0 aliphatic rings. The average Bonchev–Trinajstić information content (AvgIpc) is 3.57. The monoisotopic (exact) mass is 672 g/mol. The van der Waals surface area contributed by atoms with Gasteiger partial charge in [-0.05, 0) is 44.0 Å². The Morgan fingerprint density at radius 1 is 0.650 bits per heavy atom. The molecular formula is C29H19Br2ClN8. The van der Waals surface area contributed by atoms with E-state index < -0.39 is 0 Å². The van der Waals surface area contributed by atoms with Gasteiger partial charge in [0.15, 0.2) is 11.3 Å². The lowest BCUT2D eigenvalue weighted by Gasteiger charge is -2.10. The molecule has 5 heterocycles. The molecule has 0 unspecified atom stereocenters. The van der Waals surface area contributed by atoms with Crippen LogP contribution in [0.4, 0.5) is 11.5 Å². The van der Waals surface area contributed by atoms with E-state index in [1.54, 1.807) is 33.8 Å². The Balaban J connectivity index is 0.000000151. The molecular weight excluding hydrogens is 656 g/mol. The van der Waals surface area contributed by atoms with E-state index in [4.69, 9.17) is 16.6 Å². The van der Waals surface area contributed by atoms with Crippen LogP contribution in [0.25, 0.3) is 33.8 Å². The second-order valence-corrected chi connectivity index (χ2v) is 10.6. The molecule has 7 aromatic rings. The lowest BCUT2D eigenvalue weighted by Crippen LogP contribution is -2.02. The maximum atomic E-state index is 6.17. The highest BCUT2D eigenvalue weighted by Gasteiger charge is 2.12. The highest BCUT2D eigenvalue weighted by atomic mass is 79.9. The topological polar surface area (TPSA) is 85.3 Å². The molecule has 0 saturated carbocycles. The quantitative estimate of drug-likeness (QED) is 0.190. The van der Waals surface area contributed by atoms with Gasteiger partial charge >= 0.3 is 0 Å². The van der Waals surface area contributed by atoms with Crippen molar-refractivity contribution in [2.75, 3.05) is 5.32 Å². The number of anilines is 2. The Hall–Kier alpha value is -4.12. The number of pyridine rings is 1. The van der Waals surface area contributed by atoms with Gasteiger partial charge < -0.3 is 5.32 Å². The van der Waals surface area contributed by atoms with E-state index in [1.165, 1.54) is 0 Å². The molecule has 0 aliphatic carbocycles. The van der Waals surface area contributed by atoms with Crippen LogP contribution in [-0.2, 0) is 0 Å². The Kier molecular flexibility index (Phi) is 7.54. The van der Waals surface area contributed by atoms with Crippen molar-refractivity contribution in [3.05, 3.63) is 124 Å².